The third kappa shape index (κ3) is 9.32. The Bertz CT molecular complexity index is 2140. The lowest BCUT2D eigenvalue weighted by molar-refractivity contribution is -0.384. The number of benzene rings is 4. The molecule has 1 heterocycles. The molecule has 1 atom stereocenters. The Morgan fingerprint density at radius 3 is 2.29 bits per heavy atom. The van der Waals surface area contributed by atoms with Gasteiger partial charge in [-0.2, -0.15) is 0 Å². The van der Waals surface area contributed by atoms with Crippen molar-refractivity contribution in [3.63, 3.8) is 0 Å². The van der Waals surface area contributed by atoms with Crippen LogP contribution in [0.1, 0.15) is 22.8 Å². The number of thioether (sulfide) groups is 1. The van der Waals surface area contributed by atoms with Gasteiger partial charge in [0, 0.05) is 50.9 Å². The summed E-state index contributed by atoms with van der Waals surface area (Å²) in [7, 11) is 4.45. The second kappa shape index (κ2) is 17.2. The van der Waals surface area contributed by atoms with Gasteiger partial charge in [-0.3, -0.25) is 24.5 Å². The number of methoxy groups -OCH3 is 3. The summed E-state index contributed by atoms with van der Waals surface area (Å²) in [5.74, 6) is -0.229. The number of thiazole rings is 1. The van der Waals surface area contributed by atoms with E-state index in [0.717, 1.165) is 0 Å². The lowest BCUT2D eigenvalue weighted by Crippen LogP contribution is -2.30. The molecule has 0 aliphatic heterocycles. The highest BCUT2D eigenvalue weighted by atomic mass is 32.2. The molecule has 0 spiro atoms. The smallest absolute Gasteiger partial charge is 0.272 e. The Morgan fingerprint density at radius 1 is 0.865 bits per heavy atom. The average Bonchev–Trinajstić information content (AvgIpc) is 3.63. The van der Waals surface area contributed by atoms with Gasteiger partial charge < -0.3 is 30.2 Å². The van der Waals surface area contributed by atoms with E-state index in [1.807, 2.05) is 0 Å². The number of rotatable bonds is 14. The number of amides is 3. The van der Waals surface area contributed by atoms with Crippen LogP contribution in [0.3, 0.4) is 0 Å². The molecule has 13 nitrogen and oxygen atoms in total. The Balaban J connectivity index is 1.31. The molecule has 0 saturated carbocycles. The lowest BCUT2D eigenvalue weighted by atomic mass is 10.1. The number of aromatic nitrogens is 1. The summed E-state index contributed by atoms with van der Waals surface area (Å²) in [6.45, 7) is 1.73. The number of nitrogens with zero attached hydrogens (tertiary/aromatic N) is 2. The highest BCUT2D eigenvalue weighted by Crippen LogP contribution is 2.36. The van der Waals surface area contributed by atoms with E-state index in [2.05, 4.69) is 20.9 Å². The summed E-state index contributed by atoms with van der Waals surface area (Å²) in [4.78, 5) is 55.8. The van der Waals surface area contributed by atoms with Gasteiger partial charge in [-0.25, -0.2) is 4.98 Å². The Labute approximate surface area is 307 Å². The van der Waals surface area contributed by atoms with E-state index in [9.17, 15) is 24.5 Å². The molecule has 15 heteroatoms. The van der Waals surface area contributed by atoms with E-state index in [4.69, 9.17) is 14.2 Å². The maximum Gasteiger partial charge on any atom is 0.272 e. The number of non-ortho nitro benzene ring substituents is 1. The van der Waals surface area contributed by atoms with Crippen molar-refractivity contribution in [1.82, 2.24) is 10.3 Å². The number of hydrogen-bond donors (Lipinski definition) is 3. The van der Waals surface area contributed by atoms with Gasteiger partial charge in [-0.1, -0.05) is 36.4 Å². The van der Waals surface area contributed by atoms with E-state index >= 15 is 0 Å². The quantitative estimate of drug-likeness (QED) is 0.0455. The first kappa shape index (κ1) is 37.1. The molecule has 0 fully saturated rings. The van der Waals surface area contributed by atoms with Crippen molar-refractivity contribution in [2.75, 3.05) is 32.0 Å². The maximum absolute atomic E-state index is 13.8. The number of nitrogens with one attached hydrogen (secondary N) is 3. The summed E-state index contributed by atoms with van der Waals surface area (Å²) in [6.07, 6.45) is 1.48. The molecule has 3 amide bonds. The summed E-state index contributed by atoms with van der Waals surface area (Å²) < 4.78 is 16.3. The third-order valence-corrected chi connectivity index (χ3v) is 9.28. The second-order valence-electron chi connectivity index (χ2n) is 10.9. The van der Waals surface area contributed by atoms with E-state index in [1.54, 1.807) is 91.2 Å². The van der Waals surface area contributed by atoms with Crippen LogP contribution < -0.4 is 30.2 Å². The highest BCUT2D eigenvalue weighted by Gasteiger charge is 2.20. The van der Waals surface area contributed by atoms with Gasteiger partial charge in [0.1, 0.15) is 11.4 Å². The molecular formula is C37H33N5O8S2. The van der Waals surface area contributed by atoms with Crippen molar-refractivity contribution >= 4 is 63.4 Å². The maximum atomic E-state index is 13.8. The van der Waals surface area contributed by atoms with E-state index in [1.165, 1.54) is 62.6 Å². The summed E-state index contributed by atoms with van der Waals surface area (Å²) in [5.41, 5.74) is 2.16. The Kier molecular flexibility index (Phi) is 12.2. The molecular weight excluding hydrogens is 707 g/mol. The van der Waals surface area contributed by atoms with Crippen molar-refractivity contribution < 1.29 is 33.5 Å². The largest absolute Gasteiger partial charge is 0.496 e. The van der Waals surface area contributed by atoms with Crippen LogP contribution >= 0.6 is 23.1 Å². The van der Waals surface area contributed by atoms with Gasteiger partial charge in [0.25, 0.3) is 17.5 Å². The van der Waals surface area contributed by atoms with Crippen molar-refractivity contribution in [1.29, 1.82) is 0 Å². The molecule has 3 N–H and O–H groups in total. The normalized spacial score (nSPS) is 11.6. The van der Waals surface area contributed by atoms with Gasteiger partial charge >= 0.3 is 0 Å². The molecule has 0 saturated heterocycles. The highest BCUT2D eigenvalue weighted by molar-refractivity contribution is 8.00. The summed E-state index contributed by atoms with van der Waals surface area (Å²) >= 11 is 2.47. The van der Waals surface area contributed by atoms with E-state index in [-0.39, 0.29) is 17.3 Å². The fourth-order valence-electron chi connectivity index (χ4n) is 4.82. The van der Waals surface area contributed by atoms with E-state index in [0.29, 0.717) is 55.3 Å². The third-order valence-electron chi connectivity index (χ3n) is 7.43. The molecule has 0 aliphatic carbocycles. The fourth-order valence-corrected chi connectivity index (χ4v) is 6.47. The van der Waals surface area contributed by atoms with Crippen LogP contribution in [-0.4, -0.2) is 54.2 Å². The average molecular weight is 740 g/mol. The first-order chi connectivity index (χ1) is 25.1. The standard InChI is InChI=1S/C37H33N5O8S2/c1-22(34(43)41-37-40-30(21-51-37)24-12-8-14-27(16-24)42(46)47)52-28-15-9-13-26(19-28)38-36(45)29(39-35(44)23-10-6-5-7-11-23)17-25-18-32(49-3)33(50-4)20-31(25)48-2/h5-22H,1-4H3,(H,38,45)(H,39,44)(H,40,41,43)/b29-17+. The minimum atomic E-state index is -0.614. The molecule has 5 aromatic rings. The SMILES string of the molecule is COc1cc(OC)c(OC)cc1/C=C(/NC(=O)c1ccccc1)C(=O)Nc1cccc(SC(C)C(=O)Nc2nc(-c3cccc([N+](=O)[O-])c3)cs2)c1. The number of ether oxygens (including phenoxy) is 3. The first-order valence-corrected chi connectivity index (χ1v) is 17.3. The Morgan fingerprint density at radius 2 is 1.58 bits per heavy atom. The summed E-state index contributed by atoms with van der Waals surface area (Å²) in [6, 6.07) is 24.8. The zero-order valence-corrected chi connectivity index (χ0v) is 30.0. The number of carbonyl (C=O) groups is 3. The molecule has 266 valence electrons. The van der Waals surface area contributed by atoms with Gasteiger partial charge in [0.15, 0.2) is 16.6 Å². The molecule has 1 unspecified atom stereocenters. The van der Waals surface area contributed by atoms with Gasteiger partial charge in [-0.05, 0) is 49.4 Å². The van der Waals surface area contributed by atoms with Crippen molar-refractivity contribution in [3.8, 4) is 28.5 Å². The predicted molar refractivity (Wildman–Crippen MR) is 201 cm³/mol. The zero-order valence-electron chi connectivity index (χ0n) is 28.4. The molecule has 52 heavy (non-hydrogen) atoms. The number of hydrogen-bond acceptors (Lipinski definition) is 11. The number of carbonyl (C=O) groups excluding carboxylic acids is 3. The number of nitro groups is 1. The topological polar surface area (TPSA) is 171 Å². The molecule has 1 aromatic heterocycles. The minimum absolute atomic E-state index is 0.0538. The van der Waals surface area contributed by atoms with Crippen LogP contribution in [0.15, 0.2) is 107 Å². The van der Waals surface area contributed by atoms with Gasteiger partial charge in [0.2, 0.25) is 5.91 Å². The van der Waals surface area contributed by atoms with Crippen LogP contribution in [0.4, 0.5) is 16.5 Å². The van der Waals surface area contributed by atoms with Crippen molar-refractivity contribution in [2.24, 2.45) is 0 Å². The second-order valence-corrected chi connectivity index (χ2v) is 13.2. The summed E-state index contributed by atoms with van der Waals surface area (Å²) in [5, 5.41) is 21.0. The molecule has 5 rings (SSSR count). The van der Waals surface area contributed by atoms with Gasteiger partial charge in [0.05, 0.1) is 37.2 Å². The monoisotopic (exact) mass is 739 g/mol. The number of nitro benzene ring substituents is 1. The zero-order chi connectivity index (χ0) is 37.2. The molecule has 0 bridgehead atoms. The van der Waals surface area contributed by atoms with Crippen molar-refractivity contribution in [2.45, 2.75) is 17.1 Å². The minimum Gasteiger partial charge on any atom is -0.496 e. The van der Waals surface area contributed by atoms with Crippen LogP contribution in [-0.2, 0) is 9.59 Å². The van der Waals surface area contributed by atoms with Crippen molar-refractivity contribution in [3.05, 3.63) is 123 Å². The molecule has 0 aliphatic rings. The first-order valence-electron chi connectivity index (χ1n) is 15.6. The fraction of sp³-hybridized carbons (Fsp3) is 0.135. The van der Waals surface area contributed by atoms with Gasteiger partial charge in [-0.15, -0.1) is 23.1 Å². The predicted octanol–water partition coefficient (Wildman–Crippen LogP) is 7.27. The number of anilines is 2. The lowest BCUT2D eigenvalue weighted by Gasteiger charge is -2.15. The van der Waals surface area contributed by atoms with Crippen LogP contribution in [0.5, 0.6) is 17.2 Å². The van der Waals surface area contributed by atoms with E-state index < -0.39 is 22.0 Å². The Hall–Kier alpha value is -6.19. The molecule has 0 radical (unpaired) electrons. The van der Waals surface area contributed by atoms with Crippen LogP contribution in [0.2, 0.25) is 0 Å². The molecule has 4 aromatic carbocycles. The van der Waals surface area contributed by atoms with Crippen LogP contribution in [0, 0.1) is 10.1 Å². The van der Waals surface area contributed by atoms with Crippen LogP contribution in [0.25, 0.3) is 17.3 Å².